The molecule has 36 heavy (non-hydrogen) atoms. The van der Waals surface area contributed by atoms with Gasteiger partial charge in [0.15, 0.2) is 0 Å². The molecule has 0 aliphatic carbocycles. The predicted octanol–water partition coefficient (Wildman–Crippen LogP) is 5.27. The van der Waals surface area contributed by atoms with Crippen LogP contribution < -0.4 is 20.9 Å². The fourth-order valence-corrected chi connectivity index (χ4v) is 3.55. The maximum Gasteiger partial charge on any atom is 0.258 e. The molecule has 4 aromatic carbocycles. The molecule has 3 amide bonds. The maximum atomic E-state index is 12.7. The molecule has 0 radical (unpaired) electrons. The number of carbonyl (C=O) groups excluding carboxylic acids is 3. The summed E-state index contributed by atoms with van der Waals surface area (Å²) in [5.74, 6) is -0.587. The normalized spacial score (nSPS) is 10.2. The lowest BCUT2D eigenvalue weighted by Crippen LogP contribution is -2.26. The van der Waals surface area contributed by atoms with Crippen LogP contribution in [-0.2, 0) is 4.79 Å². The van der Waals surface area contributed by atoms with Crippen LogP contribution in [0.25, 0.3) is 0 Å². The molecule has 0 aliphatic heterocycles. The van der Waals surface area contributed by atoms with Crippen LogP contribution >= 0.6 is 0 Å². The summed E-state index contributed by atoms with van der Waals surface area (Å²) in [5, 5.41) is 8.72. The van der Waals surface area contributed by atoms with Gasteiger partial charge in [-0.15, -0.1) is 0 Å². The first-order valence-electron chi connectivity index (χ1n) is 11.4. The molecule has 0 unspecified atom stereocenters. The number of amides is 3. The summed E-state index contributed by atoms with van der Waals surface area (Å²) in [6.07, 6.45) is 0. The number of hydrogen-bond donors (Lipinski definition) is 3. The van der Waals surface area contributed by atoms with Gasteiger partial charge < -0.3 is 20.9 Å². The fraction of sp³-hybridized carbons (Fsp3) is 0.0690. The SMILES string of the molecule is CN(C(=O)c1ccc(NC(=O)CNc2cccc(NC(=O)c3ccccc3)c2)cc1)c1ccccc1. The van der Waals surface area contributed by atoms with E-state index in [1.165, 1.54) is 0 Å². The second-order valence-electron chi connectivity index (χ2n) is 8.08. The van der Waals surface area contributed by atoms with Gasteiger partial charge in [-0.1, -0.05) is 42.5 Å². The van der Waals surface area contributed by atoms with E-state index in [1.807, 2.05) is 42.5 Å². The Morgan fingerprint density at radius 1 is 0.639 bits per heavy atom. The smallest absolute Gasteiger partial charge is 0.258 e. The molecule has 0 fully saturated rings. The number of nitrogens with zero attached hydrogens (tertiary/aromatic N) is 1. The molecule has 180 valence electrons. The van der Waals surface area contributed by atoms with E-state index in [2.05, 4.69) is 16.0 Å². The molecular weight excluding hydrogens is 452 g/mol. The van der Waals surface area contributed by atoms with Crippen LogP contribution in [0.3, 0.4) is 0 Å². The summed E-state index contributed by atoms with van der Waals surface area (Å²) in [6.45, 7) is 0.0352. The quantitative estimate of drug-likeness (QED) is 0.322. The number of rotatable bonds is 8. The summed E-state index contributed by atoms with van der Waals surface area (Å²) in [6, 6.07) is 32.3. The lowest BCUT2D eigenvalue weighted by molar-refractivity contribution is -0.114. The molecule has 0 heterocycles. The molecule has 4 rings (SSSR count). The molecule has 0 spiro atoms. The Labute approximate surface area is 209 Å². The van der Waals surface area contributed by atoms with Crippen LogP contribution in [0.15, 0.2) is 109 Å². The van der Waals surface area contributed by atoms with Crippen molar-refractivity contribution in [2.24, 2.45) is 0 Å². The van der Waals surface area contributed by atoms with Crippen LogP contribution in [0.1, 0.15) is 20.7 Å². The highest BCUT2D eigenvalue weighted by Gasteiger charge is 2.13. The fourth-order valence-electron chi connectivity index (χ4n) is 3.55. The molecule has 7 nitrogen and oxygen atoms in total. The van der Waals surface area contributed by atoms with Crippen molar-refractivity contribution in [3.63, 3.8) is 0 Å². The van der Waals surface area contributed by atoms with Crippen LogP contribution in [0.5, 0.6) is 0 Å². The minimum Gasteiger partial charge on any atom is -0.376 e. The maximum absolute atomic E-state index is 12.7. The lowest BCUT2D eigenvalue weighted by Gasteiger charge is -2.17. The highest BCUT2D eigenvalue weighted by Crippen LogP contribution is 2.18. The van der Waals surface area contributed by atoms with Gasteiger partial charge in [0.05, 0.1) is 6.54 Å². The van der Waals surface area contributed by atoms with Crippen molar-refractivity contribution >= 4 is 40.5 Å². The Morgan fingerprint density at radius 3 is 1.97 bits per heavy atom. The van der Waals surface area contributed by atoms with Gasteiger partial charge in [-0.05, 0) is 66.7 Å². The average molecular weight is 479 g/mol. The number of benzene rings is 4. The molecule has 7 heteroatoms. The van der Waals surface area contributed by atoms with E-state index in [9.17, 15) is 14.4 Å². The molecule has 0 aromatic heterocycles. The van der Waals surface area contributed by atoms with Crippen molar-refractivity contribution in [1.82, 2.24) is 0 Å². The third-order valence-corrected chi connectivity index (χ3v) is 5.47. The minimum atomic E-state index is -0.241. The zero-order valence-electron chi connectivity index (χ0n) is 19.8. The summed E-state index contributed by atoms with van der Waals surface area (Å²) in [4.78, 5) is 39.1. The van der Waals surface area contributed by atoms with Crippen LogP contribution in [0.2, 0.25) is 0 Å². The van der Waals surface area contributed by atoms with E-state index in [4.69, 9.17) is 0 Å². The number of nitrogens with one attached hydrogen (secondary N) is 3. The molecule has 0 saturated heterocycles. The van der Waals surface area contributed by atoms with Crippen LogP contribution in [0.4, 0.5) is 22.7 Å². The third-order valence-electron chi connectivity index (χ3n) is 5.47. The topological polar surface area (TPSA) is 90.5 Å². The van der Waals surface area contributed by atoms with Crippen LogP contribution in [-0.4, -0.2) is 31.3 Å². The largest absolute Gasteiger partial charge is 0.376 e. The summed E-state index contributed by atoms with van der Waals surface area (Å²) in [5.41, 5.74) is 3.79. The third kappa shape index (κ3) is 6.36. The highest BCUT2D eigenvalue weighted by molar-refractivity contribution is 6.06. The standard InChI is InChI=1S/C29H26N4O3/c1-33(26-13-6-3-7-14-26)29(36)22-15-17-23(18-16-22)31-27(34)20-30-24-11-8-12-25(19-24)32-28(35)21-9-4-2-5-10-21/h2-19,30H,20H2,1H3,(H,31,34)(H,32,35). The molecule has 0 saturated carbocycles. The molecule has 0 atom stereocenters. The second kappa shape index (κ2) is 11.5. The van der Waals surface area contributed by atoms with Crippen molar-refractivity contribution in [2.75, 3.05) is 34.4 Å². The van der Waals surface area contributed by atoms with Gasteiger partial charge in [0.25, 0.3) is 11.8 Å². The molecule has 0 bridgehead atoms. The van der Waals surface area contributed by atoms with Crippen molar-refractivity contribution in [3.8, 4) is 0 Å². The van der Waals surface area contributed by atoms with Gasteiger partial charge in [-0.2, -0.15) is 0 Å². The summed E-state index contributed by atoms with van der Waals surface area (Å²) < 4.78 is 0. The van der Waals surface area contributed by atoms with Gasteiger partial charge in [0.2, 0.25) is 5.91 Å². The number of carbonyl (C=O) groups is 3. The highest BCUT2D eigenvalue weighted by atomic mass is 16.2. The van der Waals surface area contributed by atoms with Gasteiger partial charge in [0.1, 0.15) is 0 Å². The van der Waals surface area contributed by atoms with E-state index in [1.54, 1.807) is 78.7 Å². The number of anilines is 4. The monoisotopic (exact) mass is 478 g/mol. The Bertz CT molecular complexity index is 1340. The molecule has 0 aliphatic rings. The van der Waals surface area contributed by atoms with E-state index in [0.717, 1.165) is 5.69 Å². The Hall–Kier alpha value is -4.91. The molecule has 4 aromatic rings. The summed E-state index contributed by atoms with van der Waals surface area (Å²) >= 11 is 0. The summed E-state index contributed by atoms with van der Waals surface area (Å²) in [7, 11) is 1.72. The minimum absolute atomic E-state index is 0.0352. The zero-order valence-corrected chi connectivity index (χ0v) is 19.8. The average Bonchev–Trinajstić information content (AvgIpc) is 2.93. The van der Waals surface area contributed by atoms with E-state index in [0.29, 0.717) is 28.2 Å². The molecule has 3 N–H and O–H groups in total. The van der Waals surface area contributed by atoms with E-state index in [-0.39, 0.29) is 24.3 Å². The molecular formula is C29H26N4O3. The zero-order chi connectivity index (χ0) is 25.3. The number of hydrogen-bond acceptors (Lipinski definition) is 4. The Morgan fingerprint density at radius 2 is 1.28 bits per heavy atom. The predicted molar refractivity (Wildman–Crippen MR) is 144 cm³/mol. The Kier molecular flexibility index (Phi) is 7.73. The first-order valence-corrected chi connectivity index (χ1v) is 11.4. The van der Waals surface area contributed by atoms with Gasteiger partial charge in [-0.3, -0.25) is 14.4 Å². The van der Waals surface area contributed by atoms with Crippen molar-refractivity contribution in [3.05, 3.63) is 120 Å². The van der Waals surface area contributed by atoms with Crippen LogP contribution in [0, 0.1) is 0 Å². The van der Waals surface area contributed by atoms with Crippen molar-refractivity contribution in [1.29, 1.82) is 0 Å². The van der Waals surface area contributed by atoms with Crippen molar-refractivity contribution in [2.45, 2.75) is 0 Å². The Balaban J connectivity index is 1.29. The van der Waals surface area contributed by atoms with Crippen molar-refractivity contribution < 1.29 is 14.4 Å². The second-order valence-corrected chi connectivity index (χ2v) is 8.08. The van der Waals surface area contributed by atoms with Gasteiger partial charge >= 0.3 is 0 Å². The number of para-hydroxylation sites is 1. The first kappa shape index (κ1) is 24.2. The lowest BCUT2D eigenvalue weighted by atomic mass is 10.1. The van der Waals surface area contributed by atoms with Gasteiger partial charge in [0, 0.05) is 40.9 Å². The van der Waals surface area contributed by atoms with E-state index >= 15 is 0 Å². The van der Waals surface area contributed by atoms with E-state index < -0.39 is 0 Å². The van der Waals surface area contributed by atoms with Gasteiger partial charge in [-0.25, -0.2) is 0 Å². The first-order chi connectivity index (χ1) is 17.5.